The molecule has 0 aliphatic heterocycles. The molecule has 0 spiro atoms. The lowest BCUT2D eigenvalue weighted by Crippen LogP contribution is -2.34. The Morgan fingerprint density at radius 2 is 2.19 bits per heavy atom. The van der Waals surface area contributed by atoms with E-state index < -0.39 is 6.61 Å². The van der Waals surface area contributed by atoms with Gasteiger partial charge in [-0.05, 0) is 37.8 Å². The first-order chi connectivity index (χ1) is 9.97. The Labute approximate surface area is 122 Å². The highest BCUT2D eigenvalue weighted by atomic mass is 19.3. The molecule has 1 saturated carbocycles. The number of para-hydroxylation sites is 1. The zero-order chi connectivity index (χ0) is 15.4. The lowest BCUT2D eigenvalue weighted by atomic mass is 9.85. The van der Waals surface area contributed by atoms with Crippen molar-refractivity contribution < 1.29 is 18.3 Å². The number of hydrogen-bond donors (Lipinski definition) is 2. The molecule has 4 nitrogen and oxygen atoms in total. The van der Waals surface area contributed by atoms with Crippen LogP contribution in [0, 0.1) is 12.8 Å². The van der Waals surface area contributed by atoms with Crippen LogP contribution in [0.1, 0.15) is 31.2 Å². The maximum atomic E-state index is 12.4. The molecular weight excluding hydrogens is 278 g/mol. The van der Waals surface area contributed by atoms with E-state index in [0.717, 1.165) is 19.3 Å². The van der Waals surface area contributed by atoms with Gasteiger partial charge in [-0.1, -0.05) is 18.6 Å². The van der Waals surface area contributed by atoms with Gasteiger partial charge in [-0.15, -0.1) is 0 Å². The van der Waals surface area contributed by atoms with Crippen molar-refractivity contribution >= 4 is 11.6 Å². The molecule has 0 saturated heterocycles. The molecule has 2 atom stereocenters. The lowest BCUT2D eigenvalue weighted by Gasteiger charge is -2.26. The largest absolute Gasteiger partial charge is 0.433 e. The first kappa shape index (κ1) is 15.7. The number of benzene rings is 1. The van der Waals surface area contributed by atoms with Crippen molar-refractivity contribution in [1.29, 1.82) is 0 Å². The van der Waals surface area contributed by atoms with E-state index in [2.05, 4.69) is 10.1 Å². The highest BCUT2D eigenvalue weighted by Crippen LogP contribution is 2.31. The van der Waals surface area contributed by atoms with Crippen LogP contribution in [0.5, 0.6) is 5.75 Å². The molecule has 1 aromatic carbocycles. The smallest absolute Gasteiger partial charge is 0.387 e. The van der Waals surface area contributed by atoms with Crippen molar-refractivity contribution in [2.24, 2.45) is 11.7 Å². The number of nitrogens with two attached hydrogens (primary N) is 1. The van der Waals surface area contributed by atoms with Gasteiger partial charge in [-0.3, -0.25) is 4.79 Å². The molecule has 0 aromatic heterocycles. The van der Waals surface area contributed by atoms with Gasteiger partial charge in [-0.25, -0.2) is 0 Å². The molecular formula is C15H20F2N2O2. The zero-order valence-corrected chi connectivity index (χ0v) is 11.9. The van der Waals surface area contributed by atoms with Crippen LogP contribution in [0.4, 0.5) is 14.5 Å². The fraction of sp³-hybridized carbons (Fsp3) is 0.533. The third-order valence-electron chi connectivity index (χ3n) is 3.78. The summed E-state index contributed by atoms with van der Waals surface area (Å²) >= 11 is 0. The van der Waals surface area contributed by atoms with Gasteiger partial charge in [0.25, 0.3) is 0 Å². The Balaban J connectivity index is 2.12. The summed E-state index contributed by atoms with van der Waals surface area (Å²) in [6.07, 6.45) is 3.24. The number of alkyl halides is 2. The van der Waals surface area contributed by atoms with Crippen LogP contribution in [-0.4, -0.2) is 18.6 Å². The number of ether oxygens (including phenoxy) is 1. The monoisotopic (exact) mass is 298 g/mol. The average molecular weight is 298 g/mol. The number of amides is 1. The number of hydrogen-bond acceptors (Lipinski definition) is 3. The van der Waals surface area contributed by atoms with Crippen LogP contribution in [0.3, 0.4) is 0 Å². The molecule has 1 aliphatic rings. The molecule has 0 heterocycles. The van der Waals surface area contributed by atoms with Gasteiger partial charge in [0.05, 0.1) is 5.69 Å². The minimum Gasteiger partial charge on any atom is -0.433 e. The molecule has 1 aliphatic carbocycles. The first-order valence-electron chi connectivity index (χ1n) is 7.08. The quantitative estimate of drug-likeness (QED) is 0.898. The number of carbonyl (C=O) groups excluding carboxylic acids is 1. The maximum Gasteiger partial charge on any atom is 0.387 e. The number of anilines is 1. The predicted octanol–water partition coefficient (Wildman–Crippen LogP) is 3.05. The minimum absolute atomic E-state index is 0.0153. The van der Waals surface area contributed by atoms with E-state index in [1.807, 2.05) is 0 Å². The van der Waals surface area contributed by atoms with Crippen molar-refractivity contribution in [2.75, 3.05) is 5.32 Å². The highest BCUT2D eigenvalue weighted by molar-refractivity contribution is 5.94. The third-order valence-corrected chi connectivity index (χ3v) is 3.78. The van der Waals surface area contributed by atoms with Crippen molar-refractivity contribution in [2.45, 2.75) is 45.3 Å². The fourth-order valence-corrected chi connectivity index (χ4v) is 2.69. The Kier molecular flexibility index (Phi) is 5.12. The molecule has 2 rings (SSSR count). The van der Waals surface area contributed by atoms with E-state index in [9.17, 15) is 13.6 Å². The predicted molar refractivity (Wildman–Crippen MR) is 76.4 cm³/mol. The molecule has 0 bridgehead atoms. The minimum atomic E-state index is -2.93. The second-order valence-electron chi connectivity index (χ2n) is 5.44. The molecule has 0 radical (unpaired) electrons. The van der Waals surface area contributed by atoms with Crippen LogP contribution < -0.4 is 15.8 Å². The molecule has 116 valence electrons. The van der Waals surface area contributed by atoms with Crippen molar-refractivity contribution in [3.63, 3.8) is 0 Å². The van der Waals surface area contributed by atoms with Crippen molar-refractivity contribution in [1.82, 2.24) is 0 Å². The Bertz CT molecular complexity index is 508. The Hall–Kier alpha value is -1.69. The number of halogens is 2. The molecule has 1 amide bonds. The van der Waals surface area contributed by atoms with Gasteiger partial charge in [-0.2, -0.15) is 8.78 Å². The van der Waals surface area contributed by atoms with Gasteiger partial charge in [0.2, 0.25) is 5.91 Å². The summed E-state index contributed by atoms with van der Waals surface area (Å²) in [5.41, 5.74) is 6.87. The summed E-state index contributed by atoms with van der Waals surface area (Å²) in [6, 6.07) is 4.80. The van der Waals surface area contributed by atoms with Gasteiger partial charge in [0.1, 0.15) is 5.75 Å². The molecule has 3 N–H and O–H groups in total. The third kappa shape index (κ3) is 4.14. The van der Waals surface area contributed by atoms with Gasteiger partial charge in [0, 0.05) is 12.0 Å². The Morgan fingerprint density at radius 1 is 1.43 bits per heavy atom. The summed E-state index contributed by atoms with van der Waals surface area (Å²) < 4.78 is 29.3. The summed E-state index contributed by atoms with van der Waals surface area (Å²) in [6.45, 7) is -1.19. The average Bonchev–Trinajstić information content (AvgIpc) is 2.42. The van der Waals surface area contributed by atoms with Crippen LogP contribution >= 0.6 is 0 Å². The summed E-state index contributed by atoms with van der Waals surface area (Å²) in [5.74, 6) is -0.371. The Morgan fingerprint density at radius 3 is 2.86 bits per heavy atom. The van der Waals surface area contributed by atoms with Crippen LogP contribution in [0.25, 0.3) is 0 Å². The summed E-state index contributed by atoms with van der Waals surface area (Å²) in [5, 5.41) is 2.72. The number of rotatable bonds is 4. The topological polar surface area (TPSA) is 64.3 Å². The molecule has 6 heteroatoms. The van der Waals surface area contributed by atoms with Gasteiger partial charge < -0.3 is 15.8 Å². The number of nitrogens with one attached hydrogen (secondary N) is 1. The highest BCUT2D eigenvalue weighted by Gasteiger charge is 2.26. The molecule has 2 unspecified atom stereocenters. The zero-order valence-electron chi connectivity index (χ0n) is 11.9. The normalized spacial score (nSPS) is 22.1. The van der Waals surface area contributed by atoms with E-state index in [0.29, 0.717) is 17.7 Å². The van der Waals surface area contributed by atoms with Crippen molar-refractivity contribution in [3.05, 3.63) is 23.8 Å². The van der Waals surface area contributed by atoms with Crippen LogP contribution in [0.15, 0.2) is 18.2 Å². The van der Waals surface area contributed by atoms with E-state index >= 15 is 0 Å². The van der Waals surface area contributed by atoms with E-state index in [1.54, 1.807) is 19.1 Å². The SMILES string of the molecule is Cc1cccc(OC(F)F)c1NC(=O)C1CCCC(N)C1. The van der Waals surface area contributed by atoms with Crippen LogP contribution in [0.2, 0.25) is 0 Å². The lowest BCUT2D eigenvalue weighted by molar-refractivity contribution is -0.121. The number of carbonyl (C=O) groups is 1. The van der Waals surface area contributed by atoms with E-state index in [4.69, 9.17) is 5.73 Å². The van der Waals surface area contributed by atoms with E-state index in [1.165, 1.54) is 6.07 Å². The molecule has 1 fully saturated rings. The van der Waals surface area contributed by atoms with Crippen LogP contribution in [-0.2, 0) is 4.79 Å². The van der Waals surface area contributed by atoms with Gasteiger partial charge >= 0.3 is 6.61 Å². The second-order valence-corrected chi connectivity index (χ2v) is 5.44. The first-order valence-corrected chi connectivity index (χ1v) is 7.08. The summed E-state index contributed by atoms with van der Waals surface area (Å²) in [7, 11) is 0. The molecule has 1 aromatic rings. The number of aryl methyl sites for hydroxylation is 1. The standard InChI is InChI=1S/C15H20F2N2O2/c1-9-4-2-7-12(21-15(16)17)13(9)19-14(20)10-5-3-6-11(18)8-10/h2,4,7,10-11,15H,3,5-6,8,18H2,1H3,(H,19,20). The summed E-state index contributed by atoms with van der Waals surface area (Å²) in [4.78, 5) is 12.3. The maximum absolute atomic E-state index is 12.4. The van der Waals surface area contributed by atoms with Crippen molar-refractivity contribution in [3.8, 4) is 5.75 Å². The van der Waals surface area contributed by atoms with E-state index in [-0.39, 0.29) is 23.6 Å². The van der Waals surface area contributed by atoms with Gasteiger partial charge in [0.15, 0.2) is 0 Å². The fourth-order valence-electron chi connectivity index (χ4n) is 2.69. The molecule has 21 heavy (non-hydrogen) atoms. The second kappa shape index (κ2) is 6.85.